The van der Waals surface area contributed by atoms with Gasteiger partial charge in [0.25, 0.3) is 0 Å². The first-order valence-electron chi connectivity index (χ1n) is 8.68. The van der Waals surface area contributed by atoms with E-state index in [-0.39, 0.29) is 12.2 Å². The molecule has 4 heteroatoms. The van der Waals surface area contributed by atoms with Gasteiger partial charge in [-0.3, -0.25) is 0 Å². The Kier molecular flexibility index (Phi) is 3.77. The van der Waals surface area contributed by atoms with E-state index < -0.39 is 0 Å². The summed E-state index contributed by atoms with van der Waals surface area (Å²) in [4.78, 5) is 0. The van der Waals surface area contributed by atoms with Crippen LogP contribution in [0.25, 0.3) is 0 Å². The Balaban J connectivity index is 1.20. The molecule has 4 nitrogen and oxygen atoms in total. The predicted molar refractivity (Wildman–Crippen MR) is 78.0 cm³/mol. The smallest absolute Gasteiger partial charge is 0.0748 e. The SMILES string of the molecule is OCCOCCOCCOC12CC3CC4CC(C1)C2(C4)C3. The largest absolute Gasteiger partial charge is 0.394 e. The molecule has 120 valence electrons. The molecule has 0 aromatic carbocycles. The van der Waals surface area contributed by atoms with Gasteiger partial charge in [0, 0.05) is 5.41 Å². The number of hydrogen-bond acceptors (Lipinski definition) is 4. The summed E-state index contributed by atoms with van der Waals surface area (Å²) in [5.74, 6) is 2.94. The van der Waals surface area contributed by atoms with Crippen molar-refractivity contribution in [2.75, 3.05) is 39.6 Å². The molecule has 0 radical (unpaired) electrons. The molecule has 0 aliphatic heterocycles. The first kappa shape index (κ1) is 14.4. The third-order valence-electron chi connectivity index (χ3n) is 6.69. The molecule has 4 aliphatic carbocycles. The molecule has 4 fully saturated rings. The van der Waals surface area contributed by atoms with Crippen molar-refractivity contribution in [1.82, 2.24) is 0 Å². The van der Waals surface area contributed by atoms with Crippen molar-refractivity contribution in [1.29, 1.82) is 0 Å². The highest BCUT2D eigenvalue weighted by Crippen LogP contribution is 2.78. The van der Waals surface area contributed by atoms with Gasteiger partial charge in [-0.05, 0) is 56.3 Å². The lowest BCUT2D eigenvalue weighted by Crippen LogP contribution is -2.59. The average Bonchev–Trinajstić information content (AvgIpc) is 2.78. The molecule has 0 aromatic heterocycles. The van der Waals surface area contributed by atoms with Crippen LogP contribution < -0.4 is 0 Å². The highest BCUT2D eigenvalue weighted by molar-refractivity contribution is 5.25. The van der Waals surface area contributed by atoms with Crippen LogP contribution in [0.2, 0.25) is 0 Å². The highest BCUT2D eigenvalue weighted by Gasteiger charge is 2.75. The Hall–Kier alpha value is -0.160. The minimum atomic E-state index is 0.0804. The van der Waals surface area contributed by atoms with Crippen LogP contribution in [-0.4, -0.2) is 50.3 Å². The molecule has 4 saturated carbocycles. The van der Waals surface area contributed by atoms with E-state index >= 15 is 0 Å². The van der Waals surface area contributed by atoms with Crippen LogP contribution in [0.4, 0.5) is 0 Å². The van der Waals surface area contributed by atoms with E-state index in [2.05, 4.69) is 0 Å². The molecular formula is C17H28O4. The van der Waals surface area contributed by atoms with Crippen molar-refractivity contribution in [3.05, 3.63) is 0 Å². The Morgan fingerprint density at radius 1 is 0.810 bits per heavy atom. The lowest BCUT2D eigenvalue weighted by molar-refractivity contribution is -0.217. The fraction of sp³-hybridized carbons (Fsp3) is 1.00. The predicted octanol–water partition coefficient (Wildman–Crippen LogP) is 2.00. The molecule has 0 aromatic rings. The van der Waals surface area contributed by atoms with Crippen LogP contribution in [0.5, 0.6) is 0 Å². The first-order chi connectivity index (χ1) is 10.3. The molecule has 3 bridgehead atoms. The lowest BCUT2D eigenvalue weighted by Gasteiger charge is -2.58. The Labute approximate surface area is 127 Å². The lowest BCUT2D eigenvalue weighted by atomic mass is 9.52. The van der Waals surface area contributed by atoms with E-state index in [0.29, 0.717) is 31.8 Å². The number of aliphatic hydroxyl groups is 1. The third kappa shape index (κ3) is 2.18. The number of aliphatic hydroxyl groups excluding tert-OH is 1. The Bertz CT molecular complexity index is 381. The van der Waals surface area contributed by atoms with Gasteiger partial charge < -0.3 is 19.3 Å². The van der Waals surface area contributed by atoms with Gasteiger partial charge in [-0.15, -0.1) is 0 Å². The van der Waals surface area contributed by atoms with Crippen molar-refractivity contribution in [3.63, 3.8) is 0 Å². The van der Waals surface area contributed by atoms with Crippen LogP contribution in [0.15, 0.2) is 0 Å². The summed E-state index contributed by atoms with van der Waals surface area (Å²) in [6, 6.07) is 0. The van der Waals surface area contributed by atoms with Crippen molar-refractivity contribution in [2.24, 2.45) is 23.2 Å². The van der Waals surface area contributed by atoms with Crippen LogP contribution in [-0.2, 0) is 14.2 Å². The third-order valence-corrected chi connectivity index (χ3v) is 6.69. The van der Waals surface area contributed by atoms with E-state index in [0.717, 1.165) is 24.4 Å². The molecular weight excluding hydrogens is 268 g/mol. The van der Waals surface area contributed by atoms with Crippen LogP contribution in [0, 0.1) is 23.2 Å². The Morgan fingerprint density at radius 3 is 2.43 bits per heavy atom. The summed E-state index contributed by atoms with van der Waals surface area (Å²) in [6.45, 7) is 3.02. The molecule has 21 heavy (non-hydrogen) atoms. The molecule has 1 N–H and O–H groups in total. The normalized spacial score (nSPS) is 45.9. The van der Waals surface area contributed by atoms with Crippen LogP contribution in [0.3, 0.4) is 0 Å². The first-order valence-corrected chi connectivity index (χ1v) is 8.68. The maximum atomic E-state index is 8.60. The van der Waals surface area contributed by atoms with Crippen molar-refractivity contribution >= 4 is 0 Å². The van der Waals surface area contributed by atoms with Crippen molar-refractivity contribution in [3.8, 4) is 0 Å². The zero-order valence-electron chi connectivity index (χ0n) is 12.9. The van der Waals surface area contributed by atoms with Gasteiger partial charge in [0.2, 0.25) is 0 Å². The van der Waals surface area contributed by atoms with Gasteiger partial charge >= 0.3 is 0 Å². The summed E-state index contributed by atoms with van der Waals surface area (Å²) >= 11 is 0. The second-order valence-corrected chi connectivity index (χ2v) is 7.66. The number of rotatable bonds is 9. The maximum Gasteiger partial charge on any atom is 0.0748 e. The van der Waals surface area contributed by atoms with Crippen LogP contribution >= 0.6 is 0 Å². The number of ether oxygens (including phenoxy) is 3. The molecule has 5 unspecified atom stereocenters. The average molecular weight is 296 g/mol. The van der Waals surface area contributed by atoms with Gasteiger partial charge in [-0.25, -0.2) is 0 Å². The van der Waals surface area contributed by atoms with E-state index in [1.165, 1.54) is 38.5 Å². The van der Waals surface area contributed by atoms with Crippen LogP contribution in [0.1, 0.15) is 38.5 Å². The minimum Gasteiger partial charge on any atom is -0.394 e. The summed E-state index contributed by atoms with van der Waals surface area (Å²) in [6.07, 6.45) is 8.50. The summed E-state index contributed by atoms with van der Waals surface area (Å²) < 4.78 is 17.1. The van der Waals surface area contributed by atoms with E-state index in [4.69, 9.17) is 19.3 Å². The Morgan fingerprint density at radius 2 is 1.57 bits per heavy atom. The summed E-state index contributed by atoms with van der Waals surface area (Å²) in [5, 5.41) is 8.60. The van der Waals surface area contributed by atoms with Gasteiger partial charge in [-0.1, -0.05) is 0 Å². The quantitative estimate of drug-likeness (QED) is 0.661. The molecule has 5 atom stereocenters. The monoisotopic (exact) mass is 296 g/mol. The van der Waals surface area contributed by atoms with Gasteiger partial charge in [0.1, 0.15) is 0 Å². The summed E-state index contributed by atoms with van der Waals surface area (Å²) in [5.41, 5.74) is 0.801. The second-order valence-electron chi connectivity index (χ2n) is 7.66. The van der Waals surface area contributed by atoms with Gasteiger partial charge in [0.15, 0.2) is 0 Å². The van der Waals surface area contributed by atoms with E-state index in [1.807, 2.05) is 0 Å². The molecule has 0 heterocycles. The number of fused-ring (bicyclic) bond motifs is 2. The number of hydrogen-bond donors (Lipinski definition) is 1. The molecule has 4 rings (SSSR count). The second kappa shape index (κ2) is 5.48. The summed E-state index contributed by atoms with van der Waals surface area (Å²) in [7, 11) is 0. The van der Waals surface area contributed by atoms with Crippen molar-refractivity contribution in [2.45, 2.75) is 44.1 Å². The van der Waals surface area contributed by atoms with E-state index in [9.17, 15) is 0 Å². The zero-order chi connectivity index (χ0) is 14.3. The highest BCUT2D eigenvalue weighted by atomic mass is 16.6. The fourth-order valence-electron chi connectivity index (χ4n) is 6.24. The van der Waals surface area contributed by atoms with E-state index in [1.54, 1.807) is 0 Å². The zero-order valence-corrected chi connectivity index (χ0v) is 12.9. The molecule has 0 amide bonds. The van der Waals surface area contributed by atoms with Crippen molar-refractivity contribution < 1.29 is 19.3 Å². The molecule has 4 aliphatic rings. The standard InChI is InChI=1S/C17H28O4/c18-1-2-19-3-4-20-5-6-21-17-11-14-7-13-8-15(12-17)16(17,9-13)10-14/h13-15,18H,1-12H2. The molecule has 0 saturated heterocycles. The topological polar surface area (TPSA) is 47.9 Å². The van der Waals surface area contributed by atoms with Gasteiger partial charge in [-0.2, -0.15) is 0 Å². The maximum absolute atomic E-state index is 8.60. The minimum absolute atomic E-state index is 0.0804. The van der Waals surface area contributed by atoms with Gasteiger partial charge in [0.05, 0.1) is 45.2 Å². The molecule has 1 spiro atoms. The fourth-order valence-corrected chi connectivity index (χ4v) is 6.24.